The molecular weight excluding hydrogens is 396 g/mol. The maximum absolute atomic E-state index is 12.5. The molecule has 2 rings (SSSR count). The normalized spacial score (nSPS) is 11.2. The zero-order chi connectivity index (χ0) is 21.4. The number of rotatable bonds is 10. The number of amides is 1. The molecule has 0 saturated carbocycles. The molecule has 8 nitrogen and oxygen atoms in total. The van der Waals surface area contributed by atoms with E-state index in [0.29, 0.717) is 36.0 Å². The number of benzene rings is 2. The van der Waals surface area contributed by atoms with Gasteiger partial charge in [0.1, 0.15) is 17.2 Å². The molecule has 1 N–H and O–H groups in total. The van der Waals surface area contributed by atoms with E-state index in [-0.39, 0.29) is 17.4 Å². The Balaban J connectivity index is 1.99. The quantitative estimate of drug-likeness (QED) is 0.633. The largest absolute Gasteiger partial charge is 0.497 e. The van der Waals surface area contributed by atoms with Crippen molar-refractivity contribution in [3.05, 3.63) is 42.5 Å². The van der Waals surface area contributed by atoms with Gasteiger partial charge in [0.05, 0.1) is 24.8 Å². The van der Waals surface area contributed by atoms with Crippen LogP contribution in [0.5, 0.6) is 17.2 Å². The maximum atomic E-state index is 12.5. The van der Waals surface area contributed by atoms with Crippen molar-refractivity contribution < 1.29 is 27.4 Å². The standard InChI is InChI=1S/C20H26N2O6S/c1-5-22(6-2)29(24,25)17-10-7-15(8-11-17)28-14-20(23)21-18-12-9-16(26-3)13-19(18)27-4/h7-13H,5-6,14H2,1-4H3,(H,21,23). The van der Waals surface area contributed by atoms with Crippen LogP contribution in [0, 0.1) is 0 Å². The van der Waals surface area contributed by atoms with Gasteiger partial charge in [-0.25, -0.2) is 8.42 Å². The molecule has 0 saturated heterocycles. The molecule has 0 fully saturated rings. The van der Waals surface area contributed by atoms with Crippen LogP contribution in [0.25, 0.3) is 0 Å². The summed E-state index contributed by atoms with van der Waals surface area (Å²) in [6.07, 6.45) is 0. The number of nitrogens with zero attached hydrogens (tertiary/aromatic N) is 1. The topological polar surface area (TPSA) is 94.2 Å². The second-order valence-electron chi connectivity index (χ2n) is 5.96. The van der Waals surface area contributed by atoms with Crippen LogP contribution in [0.4, 0.5) is 5.69 Å². The number of nitrogens with one attached hydrogen (secondary N) is 1. The zero-order valence-corrected chi connectivity index (χ0v) is 17.8. The van der Waals surface area contributed by atoms with Crippen molar-refractivity contribution in [2.45, 2.75) is 18.7 Å². The first-order valence-corrected chi connectivity index (χ1v) is 10.5. The van der Waals surface area contributed by atoms with Crippen LogP contribution in [0.1, 0.15) is 13.8 Å². The molecule has 1 amide bonds. The van der Waals surface area contributed by atoms with Crippen molar-refractivity contribution in [2.75, 3.05) is 39.2 Å². The van der Waals surface area contributed by atoms with Crippen molar-refractivity contribution in [1.82, 2.24) is 4.31 Å². The lowest BCUT2D eigenvalue weighted by Gasteiger charge is -2.18. The molecule has 29 heavy (non-hydrogen) atoms. The van der Waals surface area contributed by atoms with Crippen molar-refractivity contribution in [2.24, 2.45) is 0 Å². The monoisotopic (exact) mass is 422 g/mol. The lowest BCUT2D eigenvalue weighted by molar-refractivity contribution is -0.118. The Bertz CT molecular complexity index is 924. The van der Waals surface area contributed by atoms with Crippen LogP contribution in [0.2, 0.25) is 0 Å². The van der Waals surface area contributed by atoms with Crippen molar-refractivity contribution in [1.29, 1.82) is 0 Å². The van der Waals surface area contributed by atoms with Crippen LogP contribution >= 0.6 is 0 Å². The second-order valence-corrected chi connectivity index (χ2v) is 7.90. The molecule has 0 radical (unpaired) electrons. The number of hydrogen-bond donors (Lipinski definition) is 1. The van der Waals surface area contributed by atoms with Gasteiger partial charge in [0, 0.05) is 19.2 Å². The lowest BCUT2D eigenvalue weighted by Crippen LogP contribution is -2.30. The van der Waals surface area contributed by atoms with Gasteiger partial charge in [0.2, 0.25) is 10.0 Å². The molecule has 0 aliphatic rings. The highest BCUT2D eigenvalue weighted by molar-refractivity contribution is 7.89. The number of hydrogen-bond acceptors (Lipinski definition) is 6. The van der Waals surface area contributed by atoms with Crippen molar-refractivity contribution in [3.8, 4) is 17.2 Å². The predicted octanol–water partition coefficient (Wildman–Crippen LogP) is 2.75. The van der Waals surface area contributed by atoms with Crippen molar-refractivity contribution >= 4 is 21.6 Å². The fourth-order valence-electron chi connectivity index (χ4n) is 2.66. The van der Waals surface area contributed by atoms with Gasteiger partial charge in [0.15, 0.2) is 6.61 Å². The summed E-state index contributed by atoms with van der Waals surface area (Å²) in [5.41, 5.74) is 0.488. The first kappa shape index (κ1) is 22.5. The number of ether oxygens (including phenoxy) is 3. The Morgan fingerprint density at radius 2 is 1.59 bits per heavy atom. The molecule has 0 aromatic heterocycles. The molecule has 2 aromatic carbocycles. The predicted molar refractivity (Wildman–Crippen MR) is 110 cm³/mol. The van der Waals surface area contributed by atoms with Crippen LogP contribution < -0.4 is 19.5 Å². The maximum Gasteiger partial charge on any atom is 0.262 e. The fraction of sp³-hybridized carbons (Fsp3) is 0.350. The van der Waals surface area contributed by atoms with E-state index in [1.165, 1.54) is 35.7 Å². The van der Waals surface area contributed by atoms with Crippen LogP contribution in [0.15, 0.2) is 47.4 Å². The summed E-state index contributed by atoms with van der Waals surface area (Å²) in [5, 5.41) is 2.70. The zero-order valence-electron chi connectivity index (χ0n) is 17.0. The number of anilines is 1. The van der Waals surface area contributed by atoms with E-state index in [4.69, 9.17) is 14.2 Å². The average Bonchev–Trinajstić information content (AvgIpc) is 2.73. The first-order valence-electron chi connectivity index (χ1n) is 9.10. The third-order valence-corrected chi connectivity index (χ3v) is 6.28. The molecular formula is C20H26N2O6S. The summed E-state index contributed by atoms with van der Waals surface area (Å²) in [5.74, 6) is 1.08. The highest BCUT2D eigenvalue weighted by Crippen LogP contribution is 2.29. The molecule has 0 unspecified atom stereocenters. The molecule has 158 valence electrons. The first-order chi connectivity index (χ1) is 13.8. The number of methoxy groups -OCH3 is 2. The summed E-state index contributed by atoms with van der Waals surface area (Å²) in [4.78, 5) is 12.4. The van der Waals surface area contributed by atoms with E-state index in [1.54, 1.807) is 39.2 Å². The van der Waals surface area contributed by atoms with E-state index in [0.717, 1.165) is 0 Å². The smallest absolute Gasteiger partial charge is 0.262 e. The van der Waals surface area contributed by atoms with E-state index in [2.05, 4.69) is 5.32 Å². The van der Waals surface area contributed by atoms with Gasteiger partial charge >= 0.3 is 0 Å². The SMILES string of the molecule is CCN(CC)S(=O)(=O)c1ccc(OCC(=O)Nc2ccc(OC)cc2OC)cc1. The Morgan fingerprint density at radius 3 is 2.14 bits per heavy atom. The van der Waals surface area contributed by atoms with Gasteiger partial charge < -0.3 is 19.5 Å². The Morgan fingerprint density at radius 1 is 0.966 bits per heavy atom. The molecule has 0 bridgehead atoms. The molecule has 0 atom stereocenters. The number of carbonyl (C=O) groups excluding carboxylic acids is 1. The van der Waals surface area contributed by atoms with E-state index in [9.17, 15) is 13.2 Å². The molecule has 9 heteroatoms. The Labute approximate surface area is 171 Å². The summed E-state index contributed by atoms with van der Waals surface area (Å²) in [7, 11) is -0.493. The third kappa shape index (κ3) is 5.61. The minimum absolute atomic E-state index is 0.181. The average molecular weight is 423 g/mol. The third-order valence-electron chi connectivity index (χ3n) is 4.22. The number of carbonyl (C=O) groups is 1. The summed E-state index contributed by atoms with van der Waals surface area (Å²) in [6, 6.07) is 11.0. The fourth-order valence-corrected chi connectivity index (χ4v) is 4.12. The van der Waals surface area contributed by atoms with Gasteiger partial charge in [-0.05, 0) is 36.4 Å². The summed E-state index contributed by atoms with van der Waals surface area (Å²) >= 11 is 0. The second kappa shape index (κ2) is 10.1. The van der Waals surface area contributed by atoms with Crippen molar-refractivity contribution in [3.63, 3.8) is 0 Å². The minimum atomic E-state index is -3.53. The van der Waals surface area contributed by atoms with E-state index in [1.807, 2.05) is 0 Å². The highest BCUT2D eigenvalue weighted by Gasteiger charge is 2.21. The van der Waals surface area contributed by atoms with Gasteiger partial charge in [-0.15, -0.1) is 0 Å². The van der Waals surface area contributed by atoms with Gasteiger partial charge in [-0.3, -0.25) is 4.79 Å². The Hall–Kier alpha value is -2.78. The molecule has 0 aliphatic heterocycles. The van der Waals surface area contributed by atoms with Crippen LogP contribution in [-0.4, -0.2) is 52.5 Å². The molecule has 0 spiro atoms. The van der Waals surface area contributed by atoms with Crippen LogP contribution in [-0.2, 0) is 14.8 Å². The van der Waals surface area contributed by atoms with E-state index >= 15 is 0 Å². The van der Waals surface area contributed by atoms with Crippen LogP contribution in [0.3, 0.4) is 0 Å². The molecule has 0 heterocycles. The number of sulfonamides is 1. The molecule has 0 aliphatic carbocycles. The van der Waals surface area contributed by atoms with E-state index < -0.39 is 10.0 Å². The molecule has 2 aromatic rings. The van der Waals surface area contributed by atoms with Gasteiger partial charge in [0.25, 0.3) is 5.91 Å². The Kier molecular flexibility index (Phi) is 7.86. The van der Waals surface area contributed by atoms with Gasteiger partial charge in [-0.1, -0.05) is 13.8 Å². The summed E-state index contributed by atoms with van der Waals surface area (Å²) < 4.78 is 42.1. The summed E-state index contributed by atoms with van der Waals surface area (Å²) in [6.45, 7) is 4.12. The van der Waals surface area contributed by atoms with Gasteiger partial charge in [-0.2, -0.15) is 4.31 Å². The lowest BCUT2D eigenvalue weighted by atomic mass is 10.2. The highest BCUT2D eigenvalue weighted by atomic mass is 32.2. The minimum Gasteiger partial charge on any atom is -0.497 e.